The molecule has 2 N–H and O–H groups in total. The zero-order chi connectivity index (χ0) is 29.6. The maximum absolute atomic E-state index is 4.82. The number of hydrogen-bond donors (Lipinski definition) is 2. The Kier molecular flexibility index (Phi) is 8.15. The van der Waals surface area contributed by atoms with Crippen LogP contribution in [0.25, 0.3) is 5.57 Å². The second kappa shape index (κ2) is 12.6. The first-order valence-corrected chi connectivity index (χ1v) is 14.6. The van der Waals surface area contributed by atoms with Crippen molar-refractivity contribution < 1.29 is 0 Å². The first-order valence-electron chi connectivity index (χ1n) is 14.6. The largest absolute Gasteiger partial charge is 0.356 e. The van der Waals surface area contributed by atoms with Crippen molar-refractivity contribution in [2.45, 2.75) is 20.8 Å². The Bertz CT molecular complexity index is 1710. The van der Waals surface area contributed by atoms with Crippen LogP contribution in [0.2, 0.25) is 0 Å². The first kappa shape index (κ1) is 27.7. The fourth-order valence-corrected chi connectivity index (χ4v) is 5.02. The molecular formula is C40H35N3. The van der Waals surface area contributed by atoms with Gasteiger partial charge in [0, 0.05) is 22.7 Å². The summed E-state index contributed by atoms with van der Waals surface area (Å²) in [6.07, 6.45) is 8.52. The molecule has 0 spiro atoms. The molecule has 6 rings (SSSR count). The molecule has 0 saturated heterocycles. The lowest BCUT2D eigenvalue weighted by Gasteiger charge is -2.16. The molecule has 43 heavy (non-hydrogen) atoms. The predicted octanol–water partition coefficient (Wildman–Crippen LogP) is 10.8. The van der Waals surface area contributed by atoms with Crippen LogP contribution in [-0.2, 0) is 0 Å². The van der Waals surface area contributed by atoms with Crippen molar-refractivity contribution in [1.82, 2.24) is 0 Å². The number of nitrogens with zero attached hydrogens (tertiary/aromatic N) is 1. The van der Waals surface area contributed by atoms with E-state index in [1.165, 1.54) is 22.3 Å². The van der Waals surface area contributed by atoms with Crippen LogP contribution in [-0.4, -0.2) is 5.71 Å². The third-order valence-corrected chi connectivity index (χ3v) is 7.48. The van der Waals surface area contributed by atoms with E-state index in [-0.39, 0.29) is 0 Å². The Morgan fingerprint density at radius 1 is 0.419 bits per heavy atom. The van der Waals surface area contributed by atoms with E-state index in [1.54, 1.807) is 0 Å². The van der Waals surface area contributed by atoms with E-state index in [2.05, 4.69) is 177 Å². The van der Waals surface area contributed by atoms with Crippen LogP contribution in [0.15, 0.2) is 156 Å². The Morgan fingerprint density at radius 3 is 1.16 bits per heavy atom. The van der Waals surface area contributed by atoms with Gasteiger partial charge in [-0.05, 0) is 116 Å². The lowest BCUT2D eigenvalue weighted by molar-refractivity contribution is 1.43. The molecule has 210 valence electrons. The van der Waals surface area contributed by atoms with E-state index in [4.69, 9.17) is 4.99 Å². The molecule has 5 aromatic rings. The van der Waals surface area contributed by atoms with Gasteiger partial charge in [0.05, 0.1) is 11.4 Å². The quantitative estimate of drug-likeness (QED) is 0.209. The minimum Gasteiger partial charge on any atom is -0.356 e. The molecule has 0 radical (unpaired) electrons. The van der Waals surface area contributed by atoms with Crippen molar-refractivity contribution in [2.24, 2.45) is 4.99 Å². The summed E-state index contributed by atoms with van der Waals surface area (Å²) in [6.45, 7) is 6.29. The minimum atomic E-state index is 0.933. The highest BCUT2D eigenvalue weighted by Crippen LogP contribution is 2.32. The molecule has 0 atom stereocenters. The van der Waals surface area contributed by atoms with Crippen LogP contribution in [0.4, 0.5) is 28.4 Å². The standard InChI is InChI=1S/C40H35N3/c1-28-4-16-34(17-5-28)41-37-22-10-31(11-23-37)40(32-12-24-38(25-13-32)42-35-18-6-29(2)7-19-35)33-14-26-39(27-15-33)43-36-20-8-30(3)9-21-36/h4-27,41-42H,1-3H3. The molecule has 3 heteroatoms. The van der Waals surface area contributed by atoms with Gasteiger partial charge in [-0.3, -0.25) is 0 Å². The molecule has 0 fully saturated rings. The first-order chi connectivity index (χ1) is 21.0. The average molecular weight is 558 g/mol. The number of hydrogen-bond acceptors (Lipinski definition) is 3. The topological polar surface area (TPSA) is 36.4 Å². The lowest BCUT2D eigenvalue weighted by atomic mass is 9.90. The van der Waals surface area contributed by atoms with E-state index in [0.717, 1.165) is 50.8 Å². The SMILES string of the molecule is Cc1ccc(N=C2C=CC(=C(c3ccc(Nc4ccc(C)cc4)cc3)c3ccc(Nc4ccc(C)cc4)cc3)C=C2)cc1. The van der Waals surface area contributed by atoms with E-state index < -0.39 is 0 Å². The van der Waals surface area contributed by atoms with Crippen molar-refractivity contribution in [3.63, 3.8) is 0 Å². The van der Waals surface area contributed by atoms with Gasteiger partial charge in [0.2, 0.25) is 0 Å². The Labute approximate surface area is 254 Å². The Hall–Kier alpha value is -5.41. The van der Waals surface area contributed by atoms with Crippen LogP contribution < -0.4 is 10.6 Å². The van der Waals surface area contributed by atoms with Crippen molar-refractivity contribution in [1.29, 1.82) is 0 Å². The fourth-order valence-electron chi connectivity index (χ4n) is 5.02. The molecule has 1 aliphatic carbocycles. The Morgan fingerprint density at radius 2 is 0.767 bits per heavy atom. The summed E-state index contributed by atoms with van der Waals surface area (Å²) in [5.74, 6) is 0. The predicted molar refractivity (Wildman–Crippen MR) is 184 cm³/mol. The highest BCUT2D eigenvalue weighted by molar-refractivity contribution is 6.08. The summed E-state index contributed by atoms with van der Waals surface area (Å²) in [6, 6.07) is 42.5. The highest BCUT2D eigenvalue weighted by Gasteiger charge is 2.12. The lowest BCUT2D eigenvalue weighted by Crippen LogP contribution is -1.99. The van der Waals surface area contributed by atoms with Crippen molar-refractivity contribution in [3.05, 3.63) is 179 Å². The van der Waals surface area contributed by atoms with Crippen LogP contribution in [0.1, 0.15) is 27.8 Å². The van der Waals surface area contributed by atoms with Crippen LogP contribution >= 0.6 is 0 Å². The summed E-state index contributed by atoms with van der Waals surface area (Å²) < 4.78 is 0. The molecule has 0 saturated carbocycles. The number of rotatable bonds is 7. The Balaban J connectivity index is 1.31. The van der Waals surface area contributed by atoms with Gasteiger partial charge in [0.1, 0.15) is 0 Å². The highest BCUT2D eigenvalue weighted by atomic mass is 14.9. The molecule has 3 nitrogen and oxygen atoms in total. The molecular weight excluding hydrogens is 522 g/mol. The number of allylic oxidation sites excluding steroid dienone is 5. The molecule has 0 heterocycles. The summed E-state index contributed by atoms with van der Waals surface area (Å²) in [7, 11) is 0. The zero-order valence-electron chi connectivity index (χ0n) is 24.8. The summed E-state index contributed by atoms with van der Waals surface area (Å²) in [4.78, 5) is 4.82. The van der Waals surface area contributed by atoms with Gasteiger partial charge < -0.3 is 10.6 Å². The van der Waals surface area contributed by atoms with Gasteiger partial charge in [-0.25, -0.2) is 4.99 Å². The third kappa shape index (κ3) is 7.09. The monoisotopic (exact) mass is 557 g/mol. The second-order valence-electron chi connectivity index (χ2n) is 11.0. The van der Waals surface area contributed by atoms with Crippen LogP contribution in [0.5, 0.6) is 0 Å². The maximum Gasteiger partial charge on any atom is 0.0637 e. The van der Waals surface area contributed by atoms with Crippen LogP contribution in [0, 0.1) is 20.8 Å². The summed E-state index contributed by atoms with van der Waals surface area (Å²) in [5, 5.41) is 7.03. The number of nitrogens with one attached hydrogen (secondary N) is 2. The molecule has 0 aromatic heterocycles. The van der Waals surface area contributed by atoms with E-state index in [9.17, 15) is 0 Å². The number of aryl methyl sites for hydroxylation is 3. The molecule has 0 aliphatic heterocycles. The number of benzene rings is 5. The number of anilines is 4. The van der Waals surface area contributed by atoms with Crippen molar-refractivity contribution >= 4 is 39.7 Å². The molecule has 5 aromatic carbocycles. The van der Waals surface area contributed by atoms with E-state index in [0.29, 0.717) is 0 Å². The van der Waals surface area contributed by atoms with E-state index in [1.807, 2.05) is 0 Å². The molecule has 0 bridgehead atoms. The van der Waals surface area contributed by atoms with Gasteiger partial charge in [0.25, 0.3) is 0 Å². The average Bonchev–Trinajstić information content (AvgIpc) is 3.03. The van der Waals surface area contributed by atoms with Gasteiger partial charge in [-0.2, -0.15) is 0 Å². The smallest absolute Gasteiger partial charge is 0.0637 e. The van der Waals surface area contributed by atoms with Crippen LogP contribution in [0.3, 0.4) is 0 Å². The van der Waals surface area contributed by atoms with Gasteiger partial charge in [0.15, 0.2) is 0 Å². The van der Waals surface area contributed by atoms with Gasteiger partial charge >= 0.3 is 0 Å². The van der Waals surface area contributed by atoms with Gasteiger partial charge in [-0.1, -0.05) is 89.5 Å². The zero-order valence-corrected chi connectivity index (χ0v) is 24.8. The van der Waals surface area contributed by atoms with E-state index >= 15 is 0 Å². The van der Waals surface area contributed by atoms with Gasteiger partial charge in [-0.15, -0.1) is 0 Å². The summed E-state index contributed by atoms with van der Waals surface area (Å²) in [5.41, 5.74) is 14.5. The number of aliphatic imine (C=N–C) groups is 1. The normalized spacial score (nSPS) is 12.3. The second-order valence-corrected chi connectivity index (χ2v) is 11.0. The molecule has 0 amide bonds. The van der Waals surface area contributed by atoms with Crippen molar-refractivity contribution in [3.8, 4) is 0 Å². The maximum atomic E-state index is 4.82. The minimum absolute atomic E-state index is 0.933. The molecule has 1 aliphatic rings. The van der Waals surface area contributed by atoms with Crippen molar-refractivity contribution in [2.75, 3.05) is 10.6 Å². The molecule has 0 unspecified atom stereocenters. The third-order valence-electron chi connectivity index (χ3n) is 7.48. The fraction of sp³-hybridized carbons (Fsp3) is 0.0750. The summed E-state index contributed by atoms with van der Waals surface area (Å²) >= 11 is 0.